The number of thiocarbonyl (C=S) groups is 1. The van der Waals surface area contributed by atoms with Gasteiger partial charge in [0.1, 0.15) is 5.82 Å². The second kappa shape index (κ2) is 9.62. The predicted molar refractivity (Wildman–Crippen MR) is 138 cm³/mol. The lowest BCUT2D eigenvalue weighted by Gasteiger charge is -2.08. The Labute approximate surface area is 206 Å². The number of aromatic nitrogens is 4. The van der Waals surface area contributed by atoms with Crippen molar-refractivity contribution in [1.29, 1.82) is 0 Å². The first kappa shape index (κ1) is 22.1. The number of nitrogens with zero attached hydrogens (tertiary/aromatic N) is 4. The van der Waals surface area contributed by atoms with Crippen LogP contribution in [0.25, 0.3) is 10.8 Å². The van der Waals surface area contributed by atoms with Gasteiger partial charge in [-0.15, -0.1) is 0 Å². The SMILES string of the molecule is Fc1cccc(Cl)c1Cn1ccc(NC(=S)Nc2cnn(Cc3cccc4ccccc34)c2)n1. The minimum Gasteiger partial charge on any atom is -0.330 e. The van der Waals surface area contributed by atoms with Crippen molar-refractivity contribution in [2.75, 3.05) is 10.6 Å². The summed E-state index contributed by atoms with van der Waals surface area (Å²) < 4.78 is 17.5. The van der Waals surface area contributed by atoms with Gasteiger partial charge in [0.05, 0.1) is 25.0 Å². The van der Waals surface area contributed by atoms with Crippen LogP contribution in [0, 0.1) is 5.82 Å². The van der Waals surface area contributed by atoms with E-state index in [1.54, 1.807) is 35.3 Å². The largest absolute Gasteiger partial charge is 0.330 e. The zero-order valence-electron chi connectivity index (χ0n) is 18.0. The maximum absolute atomic E-state index is 14.0. The van der Waals surface area contributed by atoms with Crippen molar-refractivity contribution in [2.45, 2.75) is 13.1 Å². The van der Waals surface area contributed by atoms with Crippen LogP contribution in [0.5, 0.6) is 0 Å². The lowest BCUT2D eigenvalue weighted by atomic mass is 10.0. The molecule has 2 heterocycles. The van der Waals surface area contributed by atoms with E-state index < -0.39 is 0 Å². The molecule has 170 valence electrons. The van der Waals surface area contributed by atoms with Gasteiger partial charge in [0.25, 0.3) is 0 Å². The van der Waals surface area contributed by atoms with Gasteiger partial charge < -0.3 is 10.6 Å². The molecule has 0 unspecified atom stereocenters. The molecule has 6 nitrogen and oxygen atoms in total. The molecule has 0 saturated carbocycles. The highest BCUT2D eigenvalue weighted by molar-refractivity contribution is 7.80. The molecule has 2 aromatic heterocycles. The molecule has 0 amide bonds. The van der Waals surface area contributed by atoms with E-state index in [1.807, 2.05) is 23.0 Å². The molecule has 0 radical (unpaired) electrons. The molecule has 2 N–H and O–H groups in total. The lowest BCUT2D eigenvalue weighted by molar-refractivity contribution is 0.586. The van der Waals surface area contributed by atoms with Crippen LogP contribution in [0.4, 0.5) is 15.9 Å². The van der Waals surface area contributed by atoms with E-state index in [0.717, 1.165) is 5.69 Å². The van der Waals surface area contributed by atoms with E-state index in [9.17, 15) is 4.39 Å². The number of hydrogen-bond acceptors (Lipinski definition) is 3. The highest BCUT2D eigenvalue weighted by Crippen LogP contribution is 2.21. The Balaban J connectivity index is 1.21. The summed E-state index contributed by atoms with van der Waals surface area (Å²) in [4.78, 5) is 0. The number of rotatable bonds is 6. The first-order valence-corrected chi connectivity index (χ1v) is 11.4. The van der Waals surface area contributed by atoms with Crippen LogP contribution < -0.4 is 10.6 Å². The average molecular weight is 491 g/mol. The fourth-order valence-corrected chi connectivity index (χ4v) is 4.21. The Morgan fingerprint density at radius 2 is 1.76 bits per heavy atom. The van der Waals surface area contributed by atoms with E-state index in [0.29, 0.717) is 28.1 Å². The number of hydrogen-bond donors (Lipinski definition) is 2. The smallest absolute Gasteiger partial charge is 0.176 e. The van der Waals surface area contributed by atoms with Crippen LogP contribution in [-0.4, -0.2) is 24.7 Å². The molecular formula is C25H20ClFN6S. The van der Waals surface area contributed by atoms with Crippen LogP contribution in [0.1, 0.15) is 11.1 Å². The van der Waals surface area contributed by atoms with Crippen molar-refractivity contribution in [1.82, 2.24) is 19.6 Å². The van der Waals surface area contributed by atoms with Crippen LogP contribution in [0.2, 0.25) is 5.02 Å². The van der Waals surface area contributed by atoms with Crippen molar-refractivity contribution in [3.8, 4) is 0 Å². The molecule has 5 aromatic rings. The van der Waals surface area contributed by atoms with Crippen molar-refractivity contribution in [3.05, 3.63) is 107 Å². The summed E-state index contributed by atoms with van der Waals surface area (Å²) in [5, 5.41) is 18.1. The maximum atomic E-state index is 14.0. The molecule has 0 saturated heterocycles. The minimum atomic E-state index is -0.366. The third kappa shape index (κ3) is 4.93. The fourth-order valence-electron chi connectivity index (χ4n) is 3.76. The predicted octanol–water partition coefficient (Wildman–Crippen LogP) is 5.93. The van der Waals surface area contributed by atoms with Crippen molar-refractivity contribution in [3.63, 3.8) is 0 Å². The number of halogens is 2. The van der Waals surface area contributed by atoms with Gasteiger partial charge in [-0.2, -0.15) is 10.2 Å². The molecule has 0 aliphatic rings. The zero-order chi connectivity index (χ0) is 23.5. The van der Waals surface area contributed by atoms with Gasteiger partial charge in [-0.05, 0) is 40.7 Å². The highest BCUT2D eigenvalue weighted by Gasteiger charge is 2.10. The molecule has 0 atom stereocenters. The number of benzene rings is 3. The Kier molecular flexibility index (Phi) is 6.24. The van der Waals surface area contributed by atoms with E-state index in [1.165, 1.54) is 22.4 Å². The number of nitrogens with one attached hydrogen (secondary N) is 2. The molecule has 9 heteroatoms. The van der Waals surface area contributed by atoms with E-state index in [-0.39, 0.29) is 12.4 Å². The number of anilines is 2. The third-order valence-electron chi connectivity index (χ3n) is 5.37. The molecule has 3 aromatic carbocycles. The second-order valence-corrected chi connectivity index (χ2v) is 8.56. The highest BCUT2D eigenvalue weighted by atomic mass is 35.5. The van der Waals surface area contributed by atoms with Gasteiger partial charge in [-0.25, -0.2) is 4.39 Å². The molecule has 0 aliphatic heterocycles. The second-order valence-electron chi connectivity index (χ2n) is 7.74. The summed E-state index contributed by atoms with van der Waals surface area (Å²) in [6.45, 7) is 0.862. The minimum absolute atomic E-state index is 0.217. The molecule has 34 heavy (non-hydrogen) atoms. The summed E-state index contributed by atoms with van der Waals surface area (Å²) in [6, 6.07) is 20.9. The Morgan fingerprint density at radius 1 is 0.941 bits per heavy atom. The number of fused-ring (bicyclic) bond motifs is 1. The first-order chi connectivity index (χ1) is 16.5. The van der Waals surface area contributed by atoms with E-state index in [4.69, 9.17) is 23.8 Å². The topological polar surface area (TPSA) is 59.7 Å². The van der Waals surface area contributed by atoms with Crippen LogP contribution in [0.15, 0.2) is 85.3 Å². The van der Waals surface area contributed by atoms with Gasteiger partial charge in [-0.1, -0.05) is 60.1 Å². The van der Waals surface area contributed by atoms with Crippen LogP contribution in [0.3, 0.4) is 0 Å². The quantitative estimate of drug-likeness (QED) is 0.289. The molecule has 0 bridgehead atoms. The van der Waals surface area contributed by atoms with Gasteiger partial charge in [-0.3, -0.25) is 9.36 Å². The molecule has 0 fully saturated rings. The Bertz CT molecular complexity index is 1450. The molecule has 0 aliphatic carbocycles. The fraction of sp³-hybridized carbons (Fsp3) is 0.0800. The maximum Gasteiger partial charge on any atom is 0.176 e. The van der Waals surface area contributed by atoms with Gasteiger partial charge >= 0.3 is 0 Å². The van der Waals surface area contributed by atoms with Gasteiger partial charge in [0, 0.05) is 29.0 Å². The van der Waals surface area contributed by atoms with Crippen molar-refractivity contribution < 1.29 is 4.39 Å². The lowest BCUT2D eigenvalue weighted by Crippen LogP contribution is -2.19. The standard InChI is InChI=1S/C25H20ClFN6S/c26-22-9-4-10-23(27)21(22)16-32-12-11-24(31-32)30-25(34)29-19-13-28-33(15-19)14-18-7-3-6-17-5-1-2-8-20(17)18/h1-13,15H,14,16H2,(H2,29,30,31,34). The third-order valence-corrected chi connectivity index (χ3v) is 5.93. The summed E-state index contributed by atoms with van der Waals surface area (Å²) in [7, 11) is 0. The normalized spacial score (nSPS) is 11.0. The van der Waals surface area contributed by atoms with Crippen LogP contribution >= 0.6 is 23.8 Å². The van der Waals surface area contributed by atoms with E-state index in [2.05, 4.69) is 51.2 Å². The van der Waals surface area contributed by atoms with E-state index >= 15 is 0 Å². The van der Waals surface area contributed by atoms with Gasteiger partial charge in [0.15, 0.2) is 10.9 Å². The zero-order valence-corrected chi connectivity index (χ0v) is 19.5. The molecular weight excluding hydrogens is 471 g/mol. The summed E-state index contributed by atoms with van der Waals surface area (Å²) in [6.07, 6.45) is 5.35. The molecule has 5 rings (SSSR count). The van der Waals surface area contributed by atoms with Crippen molar-refractivity contribution >= 4 is 51.2 Å². The summed E-state index contributed by atoms with van der Waals surface area (Å²) >= 11 is 11.5. The summed E-state index contributed by atoms with van der Waals surface area (Å²) in [5.74, 6) is 0.170. The average Bonchev–Trinajstić information content (AvgIpc) is 3.45. The Morgan fingerprint density at radius 3 is 2.65 bits per heavy atom. The molecule has 0 spiro atoms. The monoisotopic (exact) mass is 490 g/mol. The van der Waals surface area contributed by atoms with Crippen molar-refractivity contribution in [2.24, 2.45) is 0 Å². The first-order valence-electron chi connectivity index (χ1n) is 10.6. The van der Waals surface area contributed by atoms with Crippen LogP contribution in [-0.2, 0) is 13.1 Å². The summed E-state index contributed by atoms with van der Waals surface area (Å²) in [5.41, 5.74) is 2.34. The van der Waals surface area contributed by atoms with Gasteiger partial charge in [0.2, 0.25) is 0 Å². The Hall–Kier alpha value is -3.75.